The van der Waals surface area contributed by atoms with E-state index in [2.05, 4.69) is 0 Å². The largest absolute Gasteiger partial charge is 0.480 e. The first-order valence-electron chi connectivity index (χ1n) is 13.9. The van der Waals surface area contributed by atoms with Gasteiger partial charge in [-0.3, -0.25) is 9.59 Å². The predicted octanol–water partition coefficient (Wildman–Crippen LogP) is 5.33. The van der Waals surface area contributed by atoms with Crippen LogP contribution in [0.1, 0.15) is 26.7 Å². The Balaban J connectivity index is 1.23. The van der Waals surface area contributed by atoms with Crippen LogP contribution in [0.3, 0.4) is 0 Å². The van der Waals surface area contributed by atoms with E-state index in [-0.39, 0.29) is 34.2 Å². The summed E-state index contributed by atoms with van der Waals surface area (Å²) in [5, 5.41) is 19.6. The minimum atomic E-state index is -0.980. The van der Waals surface area contributed by atoms with E-state index >= 15 is 0 Å². The summed E-state index contributed by atoms with van der Waals surface area (Å²) in [6.45, 7) is 4.42. The van der Waals surface area contributed by atoms with E-state index < -0.39 is 24.0 Å². The van der Waals surface area contributed by atoms with E-state index in [0.29, 0.717) is 37.4 Å². The molecule has 2 N–H and O–H groups in total. The summed E-state index contributed by atoms with van der Waals surface area (Å²) in [4.78, 5) is 55.5. The summed E-state index contributed by atoms with van der Waals surface area (Å²) in [6, 6.07) is 17.9. The highest BCUT2D eigenvalue weighted by molar-refractivity contribution is 8.76. The molecule has 2 aliphatic heterocycles. The van der Waals surface area contributed by atoms with Gasteiger partial charge in [-0.15, -0.1) is 23.5 Å². The van der Waals surface area contributed by atoms with Gasteiger partial charge in [0.1, 0.15) is 12.1 Å². The number of amides is 2. The van der Waals surface area contributed by atoms with E-state index in [0.717, 1.165) is 9.79 Å². The van der Waals surface area contributed by atoms with Gasteiger partial charge in [-0.05, 0) is 37.1 Å². The minimum Gasteiger partial charge on any atom is -0.480 e. The maximum atomic E-state index is 13.2. The van der Waals surface area contributed by atoms with Gasteiger partial charge in [-0.1, -0.05) is 71.8 Å². The maximum Gasteiger partial charge on any atom is 0.326 e. The Morgan fingerprint density at radius 2 is 1.05 bits per heavy atom. The molecular formula is C30H36N2O6S4. The van der Waals surface area contributed by atoms with Crippen LogP contribution in [0.25, 0.3) is 0 Å². The fourth-order valence-corrected chi connectivity index (χ4v) is 10.2. The molecule has 0 radical (unpaired) electrons. The van der Waals surface area contributed by atoms with Crippen molar-refractivity contribution < 1.29 is 29.4 Å². The van der Waals surface area contributed by atoms with Crippen molar-refractivity contribution >= 4 is 68.9 Å². The van der Waals surface area contributed by atoms with Gasteiger partial charge in [0.15, 0.2) is 0 Å². The smallest absolute Gasteiger partial charge is 0.326 e. The Kier molecular flexibility index (Phi) is 12.0. The molecule has 2 saturated heterocycles. The van der Waals surface area contributed by atoms with Crippen molar-refractivity contribution in [2.75, 3.05) is 24.6 Å². The van der Waals surface area contributed by atoms with Crippen molar-refractivity contribution in [3.63, 3.8) is 0 Å². The molecule has 2 aromatic carbocycles. The van der Waals surface area contributed by atoms with Crippen molar-refractivity contribution in [2.45, 2.75) is 59.1 Å². The van der Waals surface area contributed by atoms with E-state index in [1.54, 1.807) is 23.5 Å². The molecule has 2 heterocycles. The van der Waals surface area contributed by atoms with Crippen LogP contribution < -0.4 is 0 Å². The average molecular weight is 649 g/mol. The first kappa shape index (κ1) is 32.6. The van der Waals surface area contributed by atoms with Crippen LogP contribution in [0, 0.1) is 11.8 Å². The summed E-state index contributed by atoms with van der Waals surface area (Å²) in [5.41, 5.74) is 0. The molecule has 2 aliphatic rings. The van der Waals surface area contributed by atoms with E-state index in [9.17, 15) is 29.4 Å². The summed E-state index contributed by atoms with van der Waals surface area (Å²) >= 11 is 3.21. The molecule has 12 heteroatoms. The average Bonchev–Trinajstić information content (AvgIpc) is 3.60. The van der Waals surface area contributed by atoms with E-state index in [1.165, 1.54) is 31.4 Å². The Labute approximate surface area is 263 Å². The molecule has 0 unspecified atom stereocenters. The zero-order valence-corrected chi connectivity index (χ0v) is 26.8. The quantitative estimate of drug-likeness (QED) is 0.218. The molecule has 0 aromatic heterocycles. The van der Waals surface area contributed by atoms with E-state index in [1.807, 2.05) is 74.5 Å². The van der Waals surface area contributed by atoms with Gasteiger partial charge in [0.25, 0.3) is 0 Å². The van der Waals surface area contributed by atoms with Crippen LogP contribution in [0.15, 0.2) is 70.5 Å². The Morgan fingerprint density at radius 3 is 1.38 bits per heavy atom. The molecule has 8 nitrogen and oxygen atoms in total. The summed E-state index contributed by atoms with van der Waals surface area (Å²) in [6.07, 6.45) is 0.820. The highest BCUT2D eigenvalue weighted by atomic mass is 33.1. The van der Waals surface area contributed by atoms with Gasteiger partial charge in [0, 0.05) is 56.7 Å². The van der Waals surface area contributed by atoms with Gasteiger partial charge >= 0.3 is 11.9 Å². The first-order valence-corrected chi connectivity index (χ1v) is 18.1. The minimum absolute atomic E-state index is 0.0180. The third-order valence-electron chi connectivity index (χ3n) is 7.32. The number of carboxylic acids is 2. The van der Waals surface area contributed by atoms with Crippen molar-refractivity contribution in [3.05, 3.63) is 60.7 Å². The molecule has 0 aliphatic carbocycles. The number of rotatable bonds is 13. The van der Waals surface area contributed by atoms with Gasteiger partial charge in [0.05, 0.1) is 0 Å². The van der Waals surface area contributed by atoms with E-state index in [4.69, 9.17) is 0 Å². The summed E-state index contributed by atoms with van der Waals surface area (Å²) < 4.78 is 0. The van der Waals surface area contributed by atoms with Crippen LogP contribution in [0.5, 0.6) is 0 Å². The maximum absolute atomic E-state index is 13.2. The third-order valence-corrected chi connectivity index (χ3v) is 12.5. The third kappa shape index (κ3) is 8.64. The first-order chi connectivity index (χ1) is 20.1. The lowest BCUT2D eigenvalue weighted by Gasteiger charge is -2.25. The molecule has 4 rings (SSSR count). The van der Waals surface area contributed by atoms with Gasteiger partial charge in [-0.25, -0.2) is 9.59 Å². The molecule has 2 aromatic rings. The fraction of sp³-hybridized carbons (Fsp3) is 0.467. The molecule has 0 bridgehead atoms. The predicted molar refractivity (Wildman–Crippen MR) is 171 cm³/mol. The van der Waals surface area contributed by atoms with Crippen molar-refractivity contribution in [3.8, 4) is 0 Å². The van der Waals surface area contributed by atoms with Crippen LogP contribution in [0.2, 0.25) is 0 Å². The zero-order valence-electron chi connectivity index (χ0n) is 23.5. The van der Waals surface area contributed by atoms with Crippen molar-refractivity contribution in [1.82, 2.24) is 9.80 Å². The Bertz CT molecular complexity index is 1140. The lowest BCUT2D eigenvalue weighted by molar-refractivity contribution is -0.149. The second-order valence-electron chi connectivity index (χ2n) is 10.6. The molecule has 42 heavy (non-hydrogen) atoms. The number of benzene rings is 2. The fourth-order valence-electron chi connectivity index (χ4n) is 5.11. The number of likely N-dealkylation sites (tertiary alicyclic amines) is 2. The molecule has 2 fully saturated rings. The van der Waals surface area contributed by atoms with Crippen LogP contribution in [-0.2, 0) is 19.2 Å². The number of nitrogens with zero attached hydrogens (tertiary/aromatic N) is 2. The number of hydrogen-bond acceptors (Lipinski definition) is 8. The topological polar surface area (TPSA) is 115 Å². The van der Waals surface area contributed by atoms with Crippen LogP contribution >= 0.6 is 45.1 Å². The van der Waals surface area contributed by atoms with Gasteiger partial charge in [0.2, 0.25) is 11.8 Å². The van der Waals surface area contributed by atoms with Gasteiger partial charge in [-0.2, -0.15) is 0 Å². The SMILES string of the molecule is C[C@H](CSSC[C@@H](C)C(=O)N1C[C@@H](Sc2ccccc2)C[C@H]1C(=O)O)C(=O)N1C[C@@H](Sc2ccccc2)C[C@H]1C(=O)O. The monoisotopic (exact) mass is 648 g/mol. The number of carboxylic acid groups (broad SMARTS) is 2. The Morgan fingerprint density at radius 1 is 0.690 bits per heavy atom. The molecule has 226 valence electrons. The molecule has 0 saturated carbocycles. The number of hydrogen-bond donors (Lipinski definition) is 2. The Hall–Kier alpha value is -2.28. The summed E-state index contributed by atoms with van der Waals surface area (Å²) in [5.74, 6) is -2.07. The van der Waals surface area contributed by atoms with Crippen LogP contribution in [0.4, 0.5) is 0 Å². The zero-order chi connectivity index (χ0) is 30.2. The molecule has 6 atom stereocenters. The molecular weight excluding hydrogens is 613 g/mol. The second kappa shape index (κ2) is 15.4. The lowest BCUT2D eigenvalue weighted by atomic mass is 10.1. The van der Waals surface area contributed by atoms with Crippen molar-refractivity contribution in [1.29, 1.82) is 0 Å². The standard InChI is InChI=1S/C30H36N2O6S4/c1-19(27(33)31-15-23(13-25(31)29(35)36)41-21-9-5-3-6-10-21)17-39-40-18-20(2)28(34)32-16-24(14-26(32)30(37)38)42-22-11-7-4-8-12-22/h3-12,19-20,23-26H,13-18H2,1-2H3,(H,35,36)(H,37,38)/t19-,20-,23+,24+,25+,26+/m1/s1. The molecule has 2 amide bonds. The highest BCUT2D eigenvalue weighted by Gasteiger charge is 2.42. The van der Waals surface area contributed by atoms with Crippen LogP contribution in [-0.4, -0.2) is 90.9 Å². The molecule has 0 spiro atoms. The van der Waals surface area contributed by atoms with Crippen molar-refractivity contribution in [2.24, 2.45) is 11.8 Å². The number of carbonyl (C=O) groups is 4. The second-order valence-corrected chi connectivity index (χ2v) is 15.9. The normalized spacial score (nSPS) is 23.5. The number of aliphatic carboxylic acids is 2. The lowest BCUT2D eigenvalue weighted by Crippen LogP contribution is -2.43. The van der Waals surface area contributed by atoms with Gasteiger partial charge < -0.3 is 20.0 Å². The summed E-state index contributed by atoms with van der Waals surface area (Å²) in [7, 11) is 2.97. The number of carbonyl (C=O) groups excluding carboxylic acids is 2. The highest BCUT2D eigenvalue weighted by Crippen LogP contribution is 2.36. The number of thioether (sulfide) groups is 2.